The molecule has 0 aliphatic carbocycles. The molecule has 88 valence electrons. The number of nitrogens with two attached hydrogens (primary N) is 1. The molecule has 0 saturated heterocycles. The zero-order valence-corrected chi connectivity index (χ0v) is 9.81. The predicted octanol–water partition coefficient (Wildman–Crippen LogP) is 2.03. The van der Waals surface area contributed by atoms with Crippen molar-refractivity contribution in [3.63, 3.8) is 0 Å². The van der Waals surface area contributed by atoms with E-state index >= 15 is 0 Å². The Morgan fingerprint density at radius 2 is 2.35 bits per heavy atom. The summed E-state index contributed by atoms with van der Waals surface area (Å²) >= 11 is 0. The molecule has 17 heavy (non-hydrogen) atoms. The molecule has 1 aliphatic heterocycles. The molecule has 2 N–H and O–H groups in total. The summed E-state index contributed by atoms with van der Waals surface area (Å²) in [4.78, 5) is 15.7. The molecule has 1 aliphatic rings. The number of fused-ring (bicyclic) bond motifs is 3. The molecule has 0 bridgehead atoms. The minimum atomic E-state index is -0.397. The third kappa shape index (κ3) is 1.52. The number of hydrogen-bond acceptors (Lipinski definition) is 2. The van der Waals surface area contributed by atoms with Crippen LogP contribution in [0.15, 0.2) is 18.2 Å². The van der Waals surface area contributed by atoms with Crippen LogP contribution in [0.5, 0.6) is 0 Å². The van der Waals surface area contributed by atoms with Crippen LogP contribution in [0.4, 0.5) is 0 Å². The van der Waals surface area contributed by atoms with Crippen LogP contribution >= 0.6 is 0 Å². The summed E-state index contributed by atoms with van der Waals surface area (Å²) in [6, 6.07) is 6.01. The van der Waals surface area contributed by atoms with Gasteiger partial charge < -0.3 is 10.3 Å². The first-order valence-corrected chi connectivity index (χ1v) is 5.97. The second-order valence-electron chi connectivity index (χ2n) is 4.71. The van der Waals surface area contributed by atoms with E-state index in [1.165, 1.54) is 12.8 Å². The fourth-order valence-corrected chi connectivity index (χ4v) is 2.65. The summed E-state index contributed by atoms with van der Waals surface area (Å²) < 4.78 is 2.28. The van der Waals surface area contributed by atoms with E-state index < -0.39 is 5.91 Å². The highest BCUT2D eigenvalue weighted by Gasteiger charge is 2.20. The normalized spacial score (nSPS) is 19.2. The van der Waals surface area contributed by atoms with Gasteiger partial charge in [0.25, 0.3) is 0 Å². The quantitative estimate of drug-likeness (QED) is 0.813. The van der Waals surface area contributed by atoms with Crippen LogP contribution < -0.4 is 5.73 Å². The molecule has 0 saturated carbocycles. The van der Waals surface area contributed by atoms with Crippen LogP contribution in [0.3, 0.4) is 0 Å². The number of amides is 1. The van der Waals surface area contributed by atoms with Gasteiger partial charge in [0.15, 0.2) is 0 Å². The minimum Gasteiger partial charge on any atom is -0.366 e. The van der Waals surface area contributed by atoms with Gasteiger partial charge in [-0.15, -0.1) is 0 Å². The van der Waals surface area contributed by atoms with Gasteiger partial charge in [-0.1, -0.05) is 0 Å². The van der Waals surface area contributed by atoms with Crippen LogP contribution in [0, 0.1) is 0 Å². The SMILES string of the molecule is CC1CCCc2nc3cc(C(N)=O)ccc3n21. The maximum absolute atomic E-state index is 11.1. The summed E-state index contributed by atoms with van der Waals surface area (Å²) in [5.74, 6) is 0.728. The fraction of sp³-hybridized carbons (Fsp3) is 0.385. The summed E-state index contributed by atoms with van der Waals surface area (Å²) in [6.07, 6.45) is 3.40. The number of imidazole rings is 1. The lowest BCUT2D eigenvalue weighted by atomic mass is 10.1. The van der Waals surface area contributed by atoms with Crippen molar-refractivity contribution in [1.29, 1.82) is 0 Å². The summed E-state index contributed by atoms with van der Waals surface area (Å²) in [5, 5.41) is 0. The Labute approximate surface area is 99.4 Å². The van der Waals surface area contributed by atoms with E-state index in [4.69, 9.17) is 5.73 Å². The molecule has 4 nitrogen and oxygen atoms in total. The molecule has 1 amide bonds. The fourth-order valence-electron chi connectivity index (χ4n) is 2.65. The Hall–Kier alpha value is -1.84. The molecule has 2 aromatic rings. The summed E-state index contributed by atoms with van der Waals surface area (Å²) in [5.41, 5.74) is 7.80. The van der Waals surface area contributed by atoms with Crippen LogP contribution in [-0.2, 0) is 6.42 Å². The lowest BCUT2D eigenvalue weighted by Gasteiger charge is -2.22. The van der Waals surface area contributed by atoms with Gasteiger partial charge in [-0.25, -0.2) is 4.98 Å². The lowest BCUT2D eigenvalue weighted by Crippen LogP contribution is -2.15. The molecule has 1 atom stereocenters. The topological polar surface area (TPSA) is 60.9 Å². The highest BCUT2D eigenvalue weighted by atomic mass is 16.1. The van der Waals surface area contributed by atoms with Crippen LogP contribution in [0.2, 0.25) is 0 Å². The molecule has 1 aromatic carbocycles. The van der Waals surface area contributed by atoms with Gasteiger partial charge in [-0.3, -0.25) is 4.79 Å². The molecule has 0 fully saturated rings. The summed E-state index contributed by atoms with van der Waals surface area (Å²) in [6.45, 7) is 2.21. The lowest BCUT2D eigenvalue weighted by molar-refractivity contribution is 0.100. The van der Waals surface area contributed by atoms with Gasteiger partial charge in [-0.05, 0) is 38.0 Å². The zero-order chi connectivity index (χ0) is 12.0. The minimum absolute atomic E-state index is 0.397. The number of aryl methyl sites for hydroxylation is 1. The average Bonchev–Trinajstić information content (AvgIpc) is 2.67. The molecule has 1 unspecified atom stereocenters. The first kappa shape index (κ1) is 10.3. The maximum Gasteiger partial charge on any atom is 0.248 e. The molecule has 1 aromatic heterocycles. The molecule has 0 radical (unpaired) electrons. The van der Waals surface area contributed by atoms with Crippen LogP contribution in [0.1, 0.15) is 42.0 Å². The smallest absolute Gasteiger partial charge is 0.248 e. The van der Waals surface area contributed by atoms with Gasteiger partial charge in [0.05, 0.1) is 11.0 Å². The number of rotatable bonds is 1. The monoisotopic (exact) mass is 229 g/mol. The molecule has 3 rings (SSSR count). The number of carbonyl (C=O) groups is 1. The zero-order valence-electron chi connectivity index (χ0n) is 9.81. The van der Waals surface area contributed by atoms with Crippen LogP contribution in [-0.4, -0.2) is 15.5 Å². The third-order valence-corrected chi connectivity index (χ3v) is 3.51. The molecular weight excluding hydrogens is 214 g/mol. The van der Waals surface area contributed by atoms with Gasteiger partial charge in [-0.2, -0.15) is 0 Å². The summed E-state index contributed by atoms with van der Waals surface area (Å²) in [7, 11) is 0. The number of aromatic nitrogens is 2. The molecule has 4 heteroatoms. The second kappa shape index (κ2) is 3.58. The van der Waals surface area contributed by atoms with E-state index in [9.17, 15) is 4.79 Å². The van der Waals surface area contributed by atoms with Crippen molar-refractivity contribution in [3.05, 3.63) is 29.6 Å². The second-order valence-corrected chi connectivity index (χ2v) is 4.71. The van der Waals surface area contributed by atoms with Crippen molar-refractivity contribution in [1.82, 2.24) is 9.55 Å². The standard InChI is InChI=1S/C13H15N3O/c1-8-3-2-4-12-15-10-7-9(13(14)17)5-6-11(10)16(8)12/h5-8H,2-4H2,1H3,(H2,14,17). The van der Waals surface area contributed by atoms with E-state index in [2.05, 4.69) is 16.5 Å². The van der Waals surface area contributed by atoms with E-state index in [0.29, 0.717) is 11.6 Å². The Balaban J connectivity index is 2.24. The van der Waals surface area contributed by atoms with E-state index in [0.717, 1.165) is 23.3 Å². The van der Waals surface area contributed by atoms with Crippen molar-refractivity contribution in [2.24, 2.45) is 5.73 Å². The van der Waals surface area contributed by atoms with Gasteiger partial charge in [0.1, 0.15) is 5.82 Å². The molecule has 0 spiro atoms. The molecular formula is C13H15N3O. The number of nitrogens with zero attached hydrogens (tertiary/aromatic N) is 2. The first-order chi connectivity index (χ1) is 8.16. The van der Waals surface area contributed by atoms with Gasteiger partial charge in [0, 0.05) is 18.0 Å². The number of primary amides is 1. The van der Waals surface area contributed by atoms with Crippen LogP contribution in [0.25, 0.3) is 11.0 Å². The highest BCUT2D eigenvalue weighted by Crippen LogP contribution is 2.29. The predicted molar refractivity (Wildman–Crippen MR) is 65.9 cm³/mol. The Bertz CT molecular complexity index is 600. The largest absolute Gasteiger partial charge is 0.366 e. The van der Waals surface area contributed by atoms with Crippen molar-refractivity contribution in [2.75, 3.05) is 0 Å². The molecule has 2 heterocycles. The Morgan fingerprint density at radius 1 is 1.53 bits per heavy atom. The van der Waals surface area contributed by atoms with Gasteiger partial charge in [0.2, 0.25) is 5.91 Å². The van der Waals surface area contributed by atoms with Crippen molar-refractivity contribution in [3.8, 4) is 0 Å². The van der Waals surface area contributed by atoms with E-state index in [1.807, 2.05) is 6.07 Å². The first-order valence-electron chi connectivity index (χ1n) is 5.97. The number of hydrogen-bond donors (Lipinski definition) is 1. The van der Waals surface area contributed by atoms with Crippen molar-refractivity contribution < 1.29 is 4.79 Å². The van der Waals surface area contributed by atoms with Gasteiger partial charge >= 0.3 is 0 Å². The Kier molecular flexibility index (Phi) is 2.18. The third-order valence-electron chi connectivity index (χ3n) is 3.51. The van der Waals surface area contributed by atoms with Crippen molar-refractivity contribution >= 4 is 16.9 Å². The number of benzene rings is 1. The van der Waals surface area contributed by atoms with Crippen molar-refractivity contribution in [2.45, 2.75) is 32.2 Å². The maximum atomic E-state index is 11.1. The highest BCUT2D eigenvalue weighted by molar-refractivity contribution is 5.96. The van der Waals surface area contributed by atoms with E-state index in [-0.39, 0.29) is 0 Å². The average molecular weight is 229 g/mol. The Morgan fingerprint density at radius 3 is 3.12 bits per heavy atom. The van der Waals surface area contributed by atoms with E-state index in [1.54, 1.807) is 12.1 Å². The number of carbonyl (C=O) groups excluding carboxylic acids is 1.